The Morgan fingerprint density at radius 3 is 2.77 bits per heavy atom. The van der Waals surface area contributed by atoms with Crippen LogP contribution in [-0.4, -0.2) is 25.7 Å². The van der Waals surface area contributed by atoms with Crippen molar-refractivity contribution in [2.75, 3.05) is 14.2 Å². The SMILES string of the molecule is CCC1C[C@H]([NH-])CCC(Cc2cccc(-c3ccc(C#N)c(F)c3)c2COC)(NC)C1. The molecule has 2 N–H and O–H groups in total. The van der Waals surface area contributed by atoms with Crippen LogP contribution in [0.1, 0.15) is 55.7 Å². The number of likely N-dealkylation sites (N-methyl/N-ethyl adjacent to an activating group) is 1. The molecule has 0 aromatic heterocycles. The third kappa shape index (κ3) is 5.33. The summed E-state index contributed by atoms with van der Waals surface area (Å²) in [4.78, 5) is 0. The van der Waals surface area contributed by atoms with Gasteiger partial charge in [0.15, 0.2) is 0 Å². The van der Waals surface area contributed by atoms with E-state index in [1.807, 2.05) is 25.2 Å². The van der Waals surface area contributed by atoms with Crippen LogP contribution in [-0.2, 0) is 17.8 Å². The zero-order valence-electron chi connectivity index (χ0n) is 18.8. The van der Waals surface area contributed by atoms with Crippen LogP contribution >= 0.6 is 0 Å². The van der Waals surface area contributed by atoms with Crippen molar-refractivity contribution in [1.29, 1.82) is 5.26 Å². The van der Waals surface area contributed by atoms with Crippen molar-refractivity contribution in [3.8, 4) is 17.2 Å². The van der Waals surface area contributed by atoms with Gasteiger partial charge >= 0.3 is 0 Å². The Morgan fingerprint density at radius 2 is 2.13 bits per heavy atom. The van der Waals surface area contributed by atoms with Crippen molar-refractivity contribution >= 4 is 0 Å². The van der Waals surface area contributed by atoms with E-state index in [1.165, 1.54) is 17.7 Å². The van der Waals surface area contributed by atoms with Crippen LogP contribution in [0.25, 0.3) is 16.9 Å². The van der Waals surface area contributed by atoms with E-state index in [4.69, 9.17) is 15.7 Å². The summed E-state index contributed by atoms with van der Waals surface area (Å²) in [5, 5.41) is 12.7. The fourth-order valence-electron chi connectivity index (χ4n) is 5.02. The Balaban J connectivity index is 2.02. The van der Waals surface area contributed by atoms with E-state index in [0.717, 1.165) is 55.2 Å². The fourth-order valence-corrected chi connectivity index (χ4v) is 5.02. The topological polar surface area (TPSA) is 68.9 Å². The maximum absolute atomic E-state index is 14.3. The summed E-state index contributed by atoms with van der Waals surface area (Å²) in [6.45, 7) is 2.66. The van der Waals surface area contributed by atoms with Crippen molar-refractivity contribution in [2.24, 2.45) is 5.92 Å². The number of nitriles is 1. The van der Waals surface area contributed by atoms with Gasteiger partial charge in [0, 0.05) is 12.6 Å². The quantitative estimate of drug-likeness (QED) is 0.554. The average Bonchev–Trinajstić information content (AvgIpc) is 2.94. The average molecular weight is 423 g/mol. The number of benzene rings is 2. The number of nitrogens with zero attached hydrogens (tertiary/aromatic N) is 1. The van der Waals surface area contributed by atoms with Gasteiger partial charge < -0.3 is 15.8 Å². The summed E-state index contributed by atoms with van der Waals surface area (Å²) in [6.07, 6.45) is 5.83. The highest BCUT2D eigenvalue weighted by atomic mass is 19.1. The fraction of sp³-hybridized carbons (Fsp3) is 0.500. The summed E-state index contributed by atoms with van der Waals surface area (Å²) in [5.41, 5.74) is 12.3. The lowest BCUT2D eigenvalue weighted by Gasteiger charge is -2.36. The van der Waals surface area contributed by atoms with Crippen LogP contribution < -0.4 is 5.32 Å². The summed E-state index contributed by atoms with van der Waals surface area (Å²) in [5.74, 6) is 0.0376. The molecule has 2 aromatic carbocycles. The normalized spacial score (nSPS) is 23.9. The minimum Gasteiger partial charge on any atom is -0.675 e. The highest BCUT2D eigenvalue weighted by molar-refractivity contribution is 5.69. The second-order valence-electron chi connectivity index (χ2n) is 8.84. The predicted molar refractivity (Wildman–Crippen MR) is 123 cm³/mol. The van der Waals surface area contributed by atoms with E-state index in [0.29, 0.717) is 12.5 Å². The van der Waals surface area contributed by atoms with E-state index < -0.39 is 5.82 Å². The largest absolute Gasteiger partial charge is 0.675 e. The third-order valence-electron chi connectivity index (χ3n) is 6.87. The van der Waals surface area contributed by atoms with E-state index >= 15 is 0 Å². The lowest BCUT2D eigenvalue weighted by atomic mass is 9.78. The van der Waals surface area contributed by atoms with Gasteiger partial charge in [-0.3, -0.25) is 0 Å². The van der Waals surface area contributed by atoms with Crippen LogP contribution in [0.15, 0.2) is 36.4 Å². The van der Waals surface area contributed by atoms with Crippen LogP contribution in [0, 0.1) is 23.1 Å². The van der Waals surface area contributed by atoms with Gasteiger partial charge in [-0.05, 0) is 66.6 Å². The van der Waals surface area contributed by atoms with Crippen LogP contribution in [0.3, 0.4) is 0 Å². The number of hydrogen-bond donors (Lipinski definition) is 1. The molecule has 5 heteroatoms. The van der Waals surface area contributed by atoms with Gasteiger partial charge in [-0.2, -0.15) is 5.26 Å². The highest BCUT2D eigenvalue weighted by Crippen LogP contribution is 2.38. The van der Waals surface area contributed by atoms with Crippen molar-refractivity contribution in [3.05, 3.63) is 64.6 Å². The summed E-state index contributed by atoms with van der Waals surface area (Å²) >= 11 is 0. The Hall–Kier alpha value is -2.26. The molecule has 0 amide bonds. The lowest BCUT2D eigenvalue weighted by molar-refractivity contribution is 0.183. The smallest absolute Gasteiger partial charge is 0.141 e. The summed E-state index contributed by atoms with van der Waals surface area (Å²) < 4.78 is 19.9. The number of rotatable bonds is 7. The van der Waals surface area contributed by atoms with Crippen LogP contribution in [0.4, 0.5) is 4.39 Å². The molecule has 2 aromatic rings. The van der Waals surface area contributed by atoms with Crippen LogP contribution in [0.2, 0.25) is 0 Å². The molecule has 3 rings (SSSR count). The van der Waals surface area contributed by atoms with Gasteiger partial charge in [-0.25, -0.2) is 4.39 Å². The molecule has 0 saturated heterocycles. The first-order valence-electron chi connectivity index (χ1n) is 11.1. The first-order chi connectivity index (χ1) is 14.9. The molecule has 31 heavy (non-hydrogen) atoms. The molecule has 0 bridgehead atoms. The number of methoxy groups -OCH3 is 1. The predicted octanol–water partition coefficient (Wildman–Crippen LogP) is 6.03. The standard InChI is InChI=1S/C26H33FN3O/c1-4-18-12-22(29)10-11-26(14-18,30-2)15-20-6-5-7-23(24(20)17-31-3)19-8-9-21(16-28)25(27)13-19/h5-9,13,18,22,29-30H,4,10-12,14-15,17H2,1-3H3/q-1/t18?,22-,26?/m1/s1. The minimum atomic E-state index is -0.503. The zero-order chi connectivity index (χ0) is 22.4. The van der Waals surface area contributed by atoms with E-state index in [1.54, 1.807) is 13.2 Å². The first-order valence-corrected chi connectivity index (χ1v) is 11.1. The van der Waals surface area contributed by atoms with E-state index in [2.05, 4.69) is 18.3 Å². The highest BCUT2D eigenvalue weighted by Gasteiger charge is 2.34. The van der Waals surface area contributed by atoms with Crippen molar-refractivity contribution in [1.82, 2.24) is 5.32 Å². The molecule has 0 spiro atoms. The Bertz CT molecular complexity index is 939. The monoisotopic (exact) mass is 422 g/mol. The third-order valence-corrected chi connectivity index (χ3v) is 6.87. The zero-order valence-corrected chi connectivity index (χ0v) is 18.8. The first kappa shape index (κ1) is 23.4. The molecular weight excluding hydrogens is 389 g/mol. The Labute approximate surface area is 185 Å². The van der Waals surface area contributed by atoms with E-state index in [-0.39, 0.29) is 17.1 Å². The maximum atomic E-state index is 14.3. The summed E-state index contributed by atoms with van der Waals surface area (Å²) in [7, 11) is 3.71. The molecule has 0 aliphatic heterocycles. The molecule has 1 saturated carbocycles. The van der Waals surface area contributed by atoms with Gasteiger partial charge in [0.25, 0.3) is 0 Å². The molecule has 166 valence electrons. The van der Waals surface area contributed by atoms with Crippen LogP contribution in [0.5, 0.6) is 0 Å². The molecule has 0 radical (unpaired) electrons. The Morgan fingerprint density at radius 1 is 1.32 bits per heavy atom. The lowest BCUT2D eigenvalue weighted by Crippen LogP contribution is -2.46. The van der Waals surface area contributed by atoms with Crippen molar-refractivity contribution < 1.29 is 9.13 Å². The molecule has 1 aliphatic carbocycles. The number of halogens is 1. The minimum absolute atomic E-state index is 0.00609. The molecular formula is C26H33FN3O-. The molecule has 1 fully saturated rings. The van der Waals surface area contributed by atoms with Crippen molar-refractivity contribution in [3.63, 3.8) is 0 Å². The van der Waals surface area contributed by atoms with Gasteiger partial charge in [-0.1, -0.05) is 50.5 Å². The molecule has 2 unspecified atom stereocenters. The number of ether oxygens (including phenoxy) is 1. The molecule has 0 heterocycles. The van der Waals surface area contributed by atoms with Crippen molar-refractivity contribution in [2.45, 2.75) is 63.6 Å². The number of nitrogens with one attached hydrogen (secondary N) is 2. The molecule has 4 nitrogen and oxygen atoms in total. The molecule has 3 atom stereocenters. The second kappa shape index (κ2) is 10.4. The molecule has 1 aliphatic rings. The number of hydrogen-bond acceptors (Lipinski definition) is 3. The van der Waals surface area contributed by atoms with Gasteiger partial charge in [0.2, 0.25) is 0 Å². The summed E-state index contributed by atoms with van der Waals surface area (Å²) in [6, 6.07) is 12.8. The van der Waals surface area contributed by atoms with Gasteiger partial charge in [-0.15, -0.1) is 6.04 Å². The van der Waals surface area contributed by atoms with E-state index in [9.17, 15) is 4.39 Å². The second-order valence-corrected chi connectivity index (χ2v) is 8.84. The maximum Gasteiger partial charge on any atom is 0.141 e. The van der Waals surface area contributed by atoms with Gasteiger partial charge in [0.05, 0.1) is 12.2 Å². The van der Waals surface area contributed by atoms with Gasteiger partial charge in [0.1, 0.15) is 11.9 Å². The Kier molecular flexibility index (Phi) is 7.83.